The molecule has 1 aromatic heterocycles. The van der Waals surface area contributed by atoms with Gasteiger partial charge in [0.05, 0.1) is 25.0 Å². The van der Waals surface area contributed by atoms with E-state index in [9.17, 15) is 13.2 Å². The molecule has 1 rings (SSSR count). The van der Waals surface area contributed by atoms with Crippen LogP contribution in [0.4, 0.5) is 0 Å². The Bertz CT molecular complexity index is 418. The maximum atomic E-state index is 11.5. The lowest BCUT2D eigenvalue weighted by Gasteiger charge is -2.02. The quantitative estimate of drug-likeness (QED) is 0.704. The van der Waals surface area contributed by atoms with Gasteiger partial charge in [-0.3, -0.25) is 4.79 Å². The van der Waals surface area contributed by atoms with E-state index in [-0.39, 0.29) is 24.5 Å². The molecule has 0 aliphatic carbocycles. The second-order valence-corrected chi connectivity index (χ2v) is 5.41. The second kappa shape index (κ2) is 5.69. The fraction of sp³-hybridized carbons (Fsp3) is 0.500. The molecule has 6 heteroatoms. The maximum absolute atomic E-state index is 11.5. The van der Waals surface area contributed by atoms with Crippen LogP contribution in [0.1, 0.15) is 19.1 Å². The number of hydrogen-bond donors (Lipinski definition) is 0. The zero-order valence-corrected chi connectivity index (χ0v) is 9.83. The maximum Gasteiger partial charge on any atom is 0.306 e. The Hall–Kier alpha value is -1.30. The number of ether oxygens (including phenoxy) is 1. The van der Waals surface area contributed by atoms with Crippen LogP contribution < -0.4 is 0 Å². The van der Waals surface area contributed by atoms with Crippen molar-refractivity contribution < 1.29 is 22.4 Å². The summed E-state index contributed by atoms with van der Waals surface area (Å²) in [6.45, 7) is 1.94. The van der Waals surface area contributed by atoms with E-state index in [4.69, 9.17) is 4.42 Å². The molecule has 5 nitrogen and oxygen atoms in total. The van der Waals surface area contributed by atoms with Gasteiger partial charge in [-0.25, -0.2) is 8.42 Å². The van der Waals surface area contributed by atoms with Gasteiger partial charge in [0, 0.05) is 0 Å². The summed E-state index contributed by atoms with van der Waals surface area (Å²) in [5, 5.41) is 0. The molecule has 0 amide bonds. The summed E-state index contributed by atoms with van der Waals surface area (Å²) in [6.07, 6.45) is 1.30. The Balaban J connectivity index is 2.43. The third-order valence-corrected chi connectivity index (χ3v) is 3.42. The number of esters is 1. The Morgan fingerprint density at radius 1 is 1.50 bits per heavy atom. The number of carbonyl (C=O) groups is 1. The molecule has 0 aromatic carbocycles. The van der Waals surface area contributed by atoms with Gasteiger partial charge in [-0.15, -0.1) is 0 Å². The summed E-state index contributed by atoms with van der Waals surface area (Å²) in [7, 11) is -3.31. The predicted molar refractivity (Wildman–Crippen MR) is 57.4 cm³/mol. The van der Waals surface area contributed by atoms with Crippen LogP contribution in [0.15, 0.2) is 22.8 Å². The summed E-state index contributed by atoms with van der Waals surface area (Å²) in [5.74, 6) is -0.513. The van der Waals surface area contributed by atoms with Crippen LogP contribution in [0.5, 0.6) is 0 Å². The molecule has 0 saturated heterocycles. The fourth-order valence-electron chi connectivity index (χ4n) is 1.16. The molecule has 0 N–H and O–H groups in total. The lowest BCUT2D eigenvalue weighted by molar-refractivity contribution is -0.142. The molecular formula is C10H14O5S. The minimum Gasteiger partial charge on any atom is -0.468 e. The number of hydrogen-bond acceptors (Lipinski definition) is 5. The van der Waals surface area contributed by atoms with Gasteiger partial charge in [-0.2, -0.15) is 0 Å². The van der Waals surface area contributed by atoms with Crippen LogP contribution in [0.2, 0.25) is 0 Å². The highest BCUT2D eigenvalue weighted by Crippen LogP contribution is 2.08. The third-order valence-electron chi connectivity index (χ3n) is 1.86. The van der Waals surface area contributed by atoms with E-state index in [2.05, 4.69) is 4.74 Å². The first kappa shape index (κ1) is 12.8. The van der Waals surface area contributed by atoms with Crippen molar-refractivity contribution in [1.29, 1.82) is 0 Å². The van der Waals surface area contributed by atoms with E-state index in [1.54, 1.807) is 19.1 Å². The molecule has 0 aliphatic rings. The molecule has 0 unspecified atom stereocenters. The minimum atomic E-state index is -3.31. The molecule has 0 aliphatic heterocycles. The molecule has 0 atom stereocenters. The molecule has 1 heterocycles. The Morgan fingerprint density at radius 3 is 2.81 bits per heavy atom. The van der Waals surface area contributed by atoms with Gasteiger partial charge in [0.15, 0.2) is 9.84 Å². The first-order valence-electron chi connectivity index (χ1n) is 4.92. The molecule has 1 aromatic rings. The average Bonchev–Trinajstić information content (AvgIpc) is 2.67. The number of furan rings is 1. The van der Waals surface area contributed by atoms with Crippen LogP contribution in [0, 0.1) is 0 Å². The number of carbonyl (C=O) groups excluding carboxylic acids is 1. The molecule has 0 radical (unpaired) electrons. The lowest BCUT2D eigenvalue weighted by atomic mass is 10.5. The van der Waals surface area contributed by atoms with E-state index in [0.29, 0.717) is 5.76 Å². The average molecular weight is 246 g/mol. The highest BCUT2D eigenvalue weighted by molar-refractivity contribution is 7.90. The normalized spacial score (nSPS) is 11.3. The molecule has 16 heavy (non-hydrogen) atoms. The van der Waals surface area contributed by atoms with Crippen LogP contribution in [-0.4, -0.2) is 26.7 Å². The van der Waals surface area contributed by atoms with Gasteiger partial charge in [0.2, 0.25) is 0 Å². The van der Waals surface area contributed by atoms with E-state index in [1.165, 1.54) is 6.26 Å². The van der Waals surface area contributed by atoms with Crippen molar-refractivity contribution in [2.75, 3.05) is 12.4 Å². The summed E-state index contributed by atoms with van der Waals surface area (Å²) in [4.78, 5) is 11.0. The third kappa shape index (κ3) is 4.48. The Kier molecular flexibility index (Phi) is 4.54. The van der Waals surface area contributed by atoms with Crippen molar-refractivity contribution >= 4 is 15.8 Å². The summed E-state index contributed by atoms with van der Waals surface area (Å²) in [5.41, 5.74) is 0. The number of sulfone groups is 1. The van der Waals surface area contributed by atoms with E-state index < -0.39 is 15.8 Å². The van der Waals surface area contributed by atoms with Crippen molar-refractivity contribution in [3.05, 3.63) is 24.2 Å². The summed E-state index contributed by atoms with van der Waals surface area (Å²) >= 11 is 0. The molecule has 0 bridgehead atoms. The highest BCUT2D eigenvalue weighted by atomic mass is 32.2. The smallest absolute Gasteiger partial charge is 0.306 e. The van der Waals surface area contributed by atoms with Crippen LogP contribution in [0.25, 0.3) is 0 Å². The van der Waals surface area contributed by atoms with Crippen LogP contribution in [-0.2, 0) is 25.1 Å². The van der Waals surface area contributed by atoms with Crippen LogP contribution >= 0.6 is 0 Å². The van der Waals surface area contributed by atoms with Gasteiger partial charge < -0.3 is 9.15 Å². The first-order chi connectivity index (χ1) is 7.53. The Morgan fingerprint density at radius 2 is 2.25 bits per heavy atom. The van der Waals surface area contributed by atoms with Gasteiger partial charge in [0.1, 0.15) is 11.5 Å². The van der Waals surface area contributed by atoms with Crippen molar-refractivity contribution in [1.82, 2.24) is 0 Å². The zero-order chi connectivity index (χ0) is 12.0. The van der Waals surface area contributed by atoms with Crippen molar-refractivity contribution in [2.45, 2.75) is 19.1 Å². The first-order valence-corrected chi connectivity index (χ1v) is 6.74. The predicted octanol–water partition coefficient (Wildman–Crippen LogP) is 1.15. The lowest BCUT2D eigenvalue weighted by Crippen LogP contribution is -2.14. The Labute approximate surface area is 94.3 Å². The monoisotopic (exact) mass is 246 g/mol. The standard InChI is InChI=1S/C10H14O5S/c1-2-14-10(11)5-7-16(12,13)8-9-4-3-6-15-9/h3-4,6H,2,5,7-8H2,1H3. The van der Waals surface area contributed by atoms with E-state index >= 15 is 0 Å². The highest BCUT2D eigenvalue weighted by Gasteiger charge is 2.16. The van der Waals surface area contributed by atoms with Crippen LogP contribution in [0.3, 0.4) is 0 Å². The van der Waals surface area contributed by atoms with Crippen molar-refractivity contribution in [3.8, 4) is 0 Å². The second-order valence-electron chi connectivity index (χ2n) is 3.23. The van der Waals surface area contributed by atoms with Gasteiger partial charge in [0.25, 0.3) is 0 Å². The largest absolute Gasteiger partial charge is 0.468 e. The van der Waals surface area contributed by atoms with Crippen molar-refractivity contribution in [2.24, 2.45) is 0 Å². The molecule has 0 saturated carbocycles. The van der Waals surface area contributed by atoms with E-state index in [0.717, 1.165) is 0 Å². The minimum absolute atomic E-state index is 0.114. The van der Waals surface area contributed by atoms with Crippen molar-refractivity contribution in [3.63, 3.8) is 0 Å². The SMILES string of the molecule is CCOC(=O)CCS(=O)(=O)Cc1ccco1. The van der Waals surface area contributed by atoms with E-state index in [1.807, 2.05) is 0 Å². The molecule has 90 valence electrons. The molecule has 0 fully saturated rings. The fourth-order valence-corrected chi connectivity index (χ4v) is 2.38. The zero-order valence-electron chi connectivity index (χ0n) is 9.01. The molecular weight excluding hydrogens is 232 g/mol. The van der Waals surface area contributed by atoms with Gasteiger partial charge in [-0.1, -0.05) is 0 Å². The molecule has 0 spiro atoms. The summed E-state index contributed by atoms with van der Waals surface area (Å²) in [6, 6.07) is 3.21. The number of rotatable bonds is 6. The van der Waals surface area contributed by atoms with Gasteiger partial charge >= 0.3 is 5.97 Å². The van der Waals surface area contributed by atoms with Gasteiger partial charge in [-0.05, 0) is 19.1 Å². The summed E-state index contributed by atoms with van der Waals surface area (Å²) < 4.78 is 32.7. The topological polar surface area (TPSA) is 73.6 Å².